The molecular formula is C13H22N2O. The van der Waals surface area contributed by atoms with Gasteiger partial charge in [-0.25, -0.2) is 0 Å². The molecular weight excluding hydrogens is 200 g/mol. The van der Waals surface area contributed by atoms with Crippen LogP contribution in [0.2, 0.25) is 0 Å². The second-order valence-electron chi connectivity index (χ2n) is 5.19. The molecule has 1 N–H and O–H groups in total. The number of pyridine rings is 1. The summed E-state index contributed by atoms with van der Waals surface area (Å²) >= 11 is 0. The van der Waals surface area contributed by atoms with Gasteiger partial charge in [0.25, 0.3) is 0 Å². The van der Waals surface area contributed by atoms with Crippen molar-refractivity contribution in [3.05, 3.63) is 24.0 Å². The van der Waals surface area contributed by atoms with Crippen LogP contribution in [0.3, 0.4) is 0 Å². The van der Waals surface area contributed by atoms with Crippen LogP contribution in [0.1, 0.15) is 33.4 Å². The van der Waals surface area contributed by atoms with E-state index in [1.54, 1.807) is 6.20 Å². The molecule has 0 spiro atoms. The SMILES string of the molecule is Cc1ccc(OC(C)CNC(C)(C)C)cn1. The fraction of sp³-hybridized carbons (Fsp3) is 0.615. The number of ether oxygens (including phenoxy) is 1. The zero-order valence-corrected chi connectivity index (χ0v) is 10.9. The fourth-order valence-electron chi connectivity index (χ4n) is 1.25. The molecule has 0 bridgehead atoms. The quantitative estimate of drug-likeness (QED) is 0.850. The Labute approximate surface area is 98.2 Å². The molecule has 0 aliphatic rings. The first-order valence-corrected chi connectivity index (χ1v) is 5.71. The van der Waals surface area contributed by atoms with Gasteiger partial charge < -0.3 is 10.1 Å². The molecule has 16 heavy (non-hydrogen) atoms. The maximum absolute atomic E-state index is 5.74. The van der Waals surface area contributed by atoms with E-state index < -0.39 is 0 Å². The van der Waals surface area contributed by atoms with Gasteiger partial charge in [0.1, 0.15) is 11.9 Å². The van der Waals surface area contributed by atoms with E-state index in [2.05, 4.69) is 38.0 Å². The molecule has 0 fully saturated rings. The van der Waals surface area contributed by atoms with E-state index >= 15 is 0 Å². The van der Waals surface area contributed by atoms with Crippen LogP contribution in [0.5, 0.6) is 5.75 Å². The molecule has 1 atom stereocenters. The van der Waals surface area contributed by atoms with Gasteiger partial charge in [-0.1, -0.05) is 0 Å². The summed E-state index contributed by atoms with van der Waals surface area (Å²) in [6, 6.07) is 3.91. The lowest BCUT2D eigenvalue weighted by Gasteiger charge is -2.23. The van der Waals surface area contributed by atoms with Crippen LogP contribution in [0.15, 0.2) is 18.3 Å². The maximum atomic E-state index is 5.74. The molecule has 1 aromatic heterocycles. The molecule has 0 aromatic carbocycles. The number of nitrogens with zero attached hydrogens (tertiary/aromatic N) is 1. The number of hydrogen-bond donors (Lipinski definition) is 1. The average Bonchev–Trinajstić information content (AvgIpc) is 2.18. The van der Waals surface area contributed by atoms with Gasteiger partial charge >= 0.3 is 0 Å². The third kappa shape index (κ3) is 5.12. The largest absolute Gasteiger partial charge is 0.488 e. The predicted molar refractivity (Wildman–Crippen MR) is 66.8 cm³/mol. The maximum Gasteiger partial charge on any atom is 0.138 e. The third-order valence-corrected chi connectivity index (χ3v) is 2.14. The molecule has 1 unspecified atom stereocenters. The first-order chi connectivity index (χ1) is 7.37. The van der Waals surface area contributed by atoms with Gasteiger partial charge in [-0.2, -0.15) is 0 Å². The van der Waals surface area contributed by atoms with E-state index in [1.165, 1.54) is 0 Å². The van der Waals surface area contributed by atoms with Crippen molar-refractivity contribution in [2.75, 3.05) is 6.54 Å². The minimum Gasteiger partial charge on any atom is -0.488 e. The van der Waals surface area contributed by atoms with Crippen LogP contribution >= 0.6 is 0 Å². The van der Waals surface area contributed by atoms with Gasteiger partial charge in [-0.15, -0.1) is 0 Å². The molecule has 0 radical (unpaired) electrons. The Kier molecular flexibility index (Phi) is 4.30. The number of hydrogen-bond acceptors (Lipinski definition) is 3. The lowest BCUT2D eigenvalue weighted by atomic mass is 10.1. The summed E-state index contributed by atoms with van der Waals surface area (Å²) in [5.74, 6) is 0.828. The summed E-state index contributed by atoms with van der Waals surface area (Å²) in [7, 11) is 0. The Morgan fingerprint density at radius 2 is 2.06 bits per heavy atom. The first-order valence-electron chi connectivity index (χ1n) is 5.71. The number of rotatable bonds is 4. The van der Waals surface area contributed by atoms with Gasteiger partial charge in [0.15, 0.2) is 0 Å². The van der Waals surface area contributed by atoms with Crippen LogP contribution in [0, 0.1) is 6.92 Å². The molecule has 1 rings (SSSR count). The number of aromatic nitrogens is 1. The highest BCUT2D eigenvalue weighted by Crippen LogP contribution is 2.11. The Bertz CT molecular complexity index is 314. The molecule has 1 aromatic rings. The molecule has 0 aliphatic heterocycles. The summed E-state index contributed by atoms with van der Waals surface area (Å²) in [6.07, 6.45) is 1.91. The van der Waals surface area contributed by atoms with Crippen molar-refractivity contribution in [3.8, 4) is 5.75 Å². The molecule has 0 saturated carbocycles. The van der Waals surface area contributed by atoms with E-state index in [4.69, 9.17) is 4.74 Å². The van der Waals surface area contributed by atoms with Crippen LogP contribution < -0.4 is 10.1 Å². The highest BCUT2D eigenvalue weighted by Gasteiger charge is 2.11. The highest BCUT2D eigenvalue weighted by molar-refractivity contribution is 5.19. The average molecular weight is 222 g/mol. The molecule has 3 nitrogen and oxygen atoms in total. The van der Waals surface area contributed by atoms with E-state index in [-0.39, 0.29) is 11.6 Å². The van der Waals surface area contributed by atoms with Crippen LogP contribution in [0.25, 0.3) is 0 Å². The Balaban J connectivity index is 2.39. The van der Waals surface area contributed by atoms with Gasteiger partial charge in [-0.05, 0) is 46.8 Å². The summed E-state index contributed by atoms with van der Waals surface area (Å²) in [4.78, 5) is 4.20. The normalized spacial score (nSPS) is 13.6. The molecule has 0 amide bonds. The van der Waals surface area contributed by atoms with Gasteiger partial charge in [0.2, 0.25) is 0 Å². The third-order valence-electron chi connectivity index (χ3n) is 2.14. The van der Waals surface area contributed by atoms with E-state index in [0.29, 0.717) is 0 Å². The van der Waals surface area contributed by atoms with E-state index in [1.807, 2.05) is 19.1 Å². The second-order valence-corrected chi connectivity index (χ2v) is 5.19. The van der Waals surface area contributed by atoms with Crippen molar-refractivity contribution in [1.29, 1.82) is 0 Å². The fourth-order valence-corrected chi connectivity index (χ4v) is 1.25. The minimum atomic E-state index is 0.128. The second kappa shape index (κ2) is 5.30. The van der Waals surface area contributed by atoms with Crippen molar-refractivity contribution in [2.45, 2.75) is 46.3 Å². The van der Waals surface area contributed by atoms with Crippen molar-refractivity contribution < 1.29 is 4.74 Å². The molecule has 3 heteroatoms. The molecule has 1 heterocycles. The topological polar surface area (TPSA) is 34.1 Å². The van der Waals surface area contributed by atoms with Crippen molar-refractivity contribution in [1.82, 2.24) is 10.3 Å². The van der Waals surface area contributed by atoms with Gasteiger partial charge in [-0.3, -0.25) is 4.98 Å². The zero-order valence-electron chi connectivity index (χ0n) is 10.9. The highest BCUT2D eigenvalue weighted by atomic mass is 16.5. The van der Waals surface area contributed by atoms with E-state index in [0.717, 1.165) is 18.0 Å². The van der Waals surface area contributed by atoms with Crippen LogP contribution in [0.4, 0.5) is 0 Å². The smallest absolute Gasteiger partial charge is 0.138 e. The minimum absolute atomic E-state index is 0.128. The Morgan fingerprint density at radius 1 is 1.38 bits per heavy atom. The number of nitrogens with one attached hydrogen (secondary N) is 1. The Morgan fingerprint density at radius 3 is 2.56 bits per heavy atom. The summed E-state index contributed by atoms with van der Waals surface area (Å²) in [5, 5.41) is 3.41. The summed E-state index contributed by atoms with van der Waals surface area (Å²) < 4.78 is 5.74. The Hall–Kier alpha value is -1.09. The van der Waals surface area contributed by atoms with E-state index in [9.17, 15) is 0 Å². The number of aryl methyl sites for hydroxylation is 1. The molecule has 0 saturated heterocycles. The molecule has 0 aliphatic carbocycles. The first kappa shape index (κ1) is 13.0. The lowest BCUT2D eigenvalue weighted by molar-refractivity contribution is 0.202. The van der Waals surface area contributed by atoms with Gasteiger partial charge in [0.05, 0.1) is 6.20 Å². The predicted octanol–water partition coefficient (Wildman–Crippen LogP) is 2.55. The standard InChI is InChI=1S/C13H22N2O/c1-10-6-7-12(9-14-10)16-11(2)8-15-13(3,4)5/h6-7,9,11,15H,8H2,1-5H3. The monoisotopic (exact) mass is 222 g/mol. The van der Waals surface area contributed by atoms with Gasteiger partial charge in [0, 0.05) is 17.8 Å². The van der Waals surface area contributed by atoms with Crippen molar-refractivity contribution >= 4 is 0 Å². The summed E-state index contributed by atoms with van der Waals surface area (Å²) in [6.45, 7) is 11.3. The zero-order chi connectivity index (χ0) is 12.2. The van der Waals surface area contributed by atoms with Crippen LogP contribution in [-0.2, 0) is 0 Å². The van der Waals surface area contributed by atoms with Crippen LogP contribution in [-0.4, -0.2) is 23.2 Å². The lowest BCUT2D eigenvalue weighted by Crippen LogP contribution is -2.41. The van der Waals surface area contributed by atoms with Crippen molar-refractivity contribution in [2.24, 2.45) is 0 Å². The van der Waals surface area contributed by atoms with Crippen molar-refractivity contribution in [3.63, 3.8) is 0 Å². The molecule has 90 valence electrons. The summed E-state index contributed by atoms with van der Waals surface area (Å²) in [5.41, 5.74) is 1.14.